The Balaban J connectivity index is 1.56. The van der Waals surface area contributed by atoms with E-state index in [1.54, 1.807) is 23.5 Å². The lowest BCUT2D eigenvalue weighted by atomic mass is 9.83. The SMILES string of the molecule is COc1ccccc1C#Cc1ccc2c(c1)[C@H]1[C@H](CCN1S(=O)(=O)c1ccc(C)cc1)[C@H](CO)N2. The molecule has 35 heavy (non-hydrogen) atoms. The number of aliphatic hydroxyl groups is 1. The van der Waals surface area contributed by atoms with Gasteiger partial charge in [0.25, 0.3) is 0 Å². The molecule has 3 atom stereocenters. The Morgan fingerprint density at radius 3 is 2.60 bits per heavy atom. The van der Waals surface area contributed by atoms with Crippen molar-refractivity contribution in [3.05, 3.63) is 89.0 Å². The van der Waals surface area contributed by atoms with Gasteiger partial charge in [-0.15, -0.1) is 0 Å². The molecular weight excluding hydrogens is 460 g/mol. The molecule has 3 aromatic rings. The van der Waals surface area contributed by atoms with Crippen LogP contribution in [0, 0.1) is 24.7 Å². The van der Waals surface area contributed by atoms with Gasteiger partial charge in [0.15, 0.2) is 0 Å². The predicted molar refractivity (Wildman–Crippen MR) is 136 cm³/mol. The van der Waals surface area contributed by atoms with E-state index in [4.69, 9.17) is 4.74 Å². The van der Waals surface area contributed by atoms with Crippen molar-refractivity contribution in [2.45, 2.75) is 30.3 Å². The predicted octanol–water partition coefficient (Wildman–Crippen LogP) is 3.94. The van der Waals surface area contributed by atoms with Crippen LogP contribution in [0.3, 0.4) is 0 Å². The topological polar surface area (TPSA) is 78.9 Å². The van der Waals surface area contributed by atoms with E-state index >= 15 is 0 Å². The first kappa shape index (κ1) is 23.4. The molecule has 0 amide bonds. The summed E-state index contributed by atoms with van der Waals surface area (Å²) in [5.74, 6) is 7.05. The zero-order chi connectivity index (χ0) is 24.6. The van der Waals surface area contributed by atoms with Gasteiger partial charge in [-0.25, -0.2) is 8.42 Å². The fourth-order valence-electron chi connectivity index (χ4n) is 5.10. The van der Waals surface area contributed by atoms with Crippen molar-refractivity contribution in [3.63, 3.8) is 0 Å². The fourth-order valence-corrected chi connectivity index (χ4v) is 6.77. The third kappa shape index (κ3) is 4.30. The van der Waals surface area contributed by atoms with Crippen molar-refractivity contribution < 1.29 is 18.3 Å². The van der Waals surface area contributed by atoms with Crippen molar-refractivity contribution in [2.24, 2.45) is 5.92 Å². The molecule has 7 heteroatoms. The average Bonchev–Trinajstić information content (AvgIpc) is 3.34. The van der Waals surface area contributed by atoms with Gasteiger partial charge in [0, 0.05) is 23.7 Å². The number of nitrogens with one attached hydrogen (secondary N) is 1. The van der Waals surface area contributed by atoms with Crippen LogP contribution in [0.2, 0.25) is 0 Å². The van der Waals surface area contributed by atoms with Crippen LogP contribution in [0.25, 0.3) is 0 Å². The number of hydrogen-bond donors (Lipinski definition) is 2. The number of para-hydroxylation sites is 1. The van der Waals surface area contributed by atoms with Crippen LogP contribution in [-0.4, -0.2) is 44.1 Å². The number of benzene rings is 3. The molecule has 0 saturated carbocycles. The van der Waals surface area contributed by atoms with E-state index in [2.05, 4.69) is 17.2 Å². The summed E-state index contributed by atoms with van der Waals surface area (Å²) in [5.41, 5.74) is 4.30. The number of ether oxygens (including phenoxy) is 1. The fraction of sp³-hybridized carbons (Fsp3) is 0.286. The van der Waals surface area contributed by atoms with Crippen LogP contribution in [0.1, 0.15) is 34.7 Å². The van der Waals surface area contributed by atoms with Gasteiger partial charge in [0.05, 0.1) is 36.3 Å². The maximum Gasteiger partial charge on any atom is 0.243 e. The Morgan fingerprint density at radius 2 is 1.86 bits per heavy atom. The number of aryl methyl sites for hydroxylation is 1. The molecule has 0 aliphatic carbocycles. The molecule has 2 aliphatic rings. The number of methoxy groups -OCH3 is 1. The Hall–Kier alpha value is -3.31. The molecule has 2 heterocycles. The quantitative estimate of drug-likeness (QED) is 0.544. The second kappa shape index (κ2) is 9.38. The van der Waals surface area contributed by atoms with Gasteiger partial charge in [-0.2, -0.15) is 4.31 Å². The smallest absolute Gasteiger partial charge is 0.243 e. The van der Waals surface area contributed by atoms with E-state index < -0.39 is 10.0 Å². The van der Waals surface area contributed by atoms with E-state index in [1.807, 2.05) is 61.5 Å². The van der Waals surface area contributed by atoms with Gasteiger partial charge in [0.1, 0.15) is 5.75 Å². The molecule has 0 aromatic heterocycles. The maximum atomic E-state index is 13.7. The van der Waals surface area contributed by atoms with Crippen LogP contribution < -0.4 is 10.1 Å². The van der Waals surface area contributed by atoms with Crippen molar-refractivity contribution in [2.75, 3.05) is 25.6 Å². The Morgan fingerprint density at radius 1 is 1.09 bits per heavy atom. The molecule has 180 valence electrons. The highest BCUT2D eigenvalue weighted by Crippen LogP contribution is 2.48. The summed E-state index contributed by atoms with van der Waals surface area (Å²) >= 11 is 0. The minimum atomic E-state index is -3.71. The Bertz CT molecular complexity index is 1410. The summed E-state index contributed by atoms with van der Waals surface area (Å²) in [4.78, 5) is 0.288. The van der Waals surface area contributed by atoms with E-state index in [0.717, 1.165) is 27.9 Å². The number of fused-ring (bicyclic) bond motifs is 3. The van der Waals surface area contributed by atoms with Gasteiger partial charge < -0.3 is 15.2 Å². The first-order chi connectivity index (χ1) is 16.9. The highest BCUT2D eigenvalue weighted by atomic mass is 32.2. The third-order valence-corrected chi connectivity index (χ3v) is 8.79. The lowest BCUT2D eigenvalue weighted by molar-refractivity contribution is 0.210. The summed E-state index contributed by atoms with van der Waals surface area (Å²) in [7, 11) is -2.09. The molecule has 2 N–H and O–H groups in total. The number of nitrogens with zero attached hydrogens (tertiary/aromatic N) is 1. The molecule has 2 aliphatic heterocycles. The minimum absolute atomic E-state index is 0.0369. The standard InChI is InChI=1S/C28H28N2O4S/c1-19-7-12-22(13-8-19)35(32,33)30-16-15-23-26(18-31)29-25-14-10-20(17-24(25)28(23)30)9-11-21-5-3-4-6-27(21)34-2/h3-8,10,12-14,17,23,26,28-29,31H,15-16,18H2,1-2H3/t23-,26+,28-/m1/s1. The van der Waals surface area contributed by atoms with Crippen molar-refractivity contribution >= 4 is 15.7 Å². The third-order valence-electron chi connectivity index (χ3n) is 6.90. The number of sulfonamides is 1. The molecule has 0 radical (unpaired) electrons. The molecular formula is C28H28N2O4S. The molecule has 5 rings (SSSR count). The van der Waals surface area contributed by atoms with Crippen LogP contribution in [-0.2, 0) is 10.0 Å². The van der Waals surface area contributed by atoms with E-state index in [1.165, 1.54) is 0 Å². The largest absolute Gasteiger partial charge is 0.495 e. The van der Waals surface area contributed by atoms with Gasteiger partial charge in [-0.05, 0) is 61.4 Å². The second-order valence-electron chi connectivity index (χ2n) is 9.01. The normalized spacial score (nSPS) is 21.3. The lowest BCUT2D eigenvalue weighted by Crippen LogP contribution is -2.42. The van der Waals surface area contributed by atoms with Crippen LogP contribution >= 0.6 is 0 Å². The monoisotopic (exact) mass is 488 g/mol. The summed E-state index contributed by atoms with van der Waals surface area (Å²) in [6.45, 7) is 2.28. The van der Waals surface area contributed by atoms with E-state index in [9.17, 15) is 13.5 Å². The zero-order valence-electron chi connectivity index (χ0n) is 19.7. The van der Waals surface area contributed by atoms with Crippen molar-refractivity contribution in [1.82, 2.24) is 4.31 Å². The van der Waals surface area contributed by atoms with Crippen LogP contribution in [0.15, 0.2) is 71.6 Å². The molecule has 3 aromatic carbocycles. The minimum Gasteiger partial charge on any atom is -0.495 e. The van der Waals surface area contributed by atoms with E-state index in [0.29, 0.717) is 18.7 Å². The Kier molecular flexibility index (Phi) is 6.28. The second-order valence-corrected chi connectivity index (χ2v) is 10.9. The molecule has 6 nitrogen and oxygen atoms in total. The first-order valence-corrected chi connectivity index (χ1v) is 13.1. The lowest BCUT2D eigenvalue weighted by Gasteiger charge is -2.38. The summed E-state index contributed by atoms with van der Waals surface area (Å²) in [5, 5.41) is 13.5. The molecule has 1 saturated heterocycles. The van der Waals surface area contributed by atoms with Gasteiger partial charge in [-0.3, -0.25) is 0 Å². The van der Waals surface area contributed by atoms with Crippen LogP contribution in [0.4, 0.5) is 5.69 Å². The molecule has 0 bridgehead atoms. The Labute approximate surface area is 206 Å². The molecule has 0 spiro atoms. The highest BCUT2D eigenvalue weighted by molar-refractivity contribution is 7.89. The summed E-state index contributed by atoms with van der Waals surface area (Å²) < 4.78 is 34.3. The highest BCUT2D eigenvalue weighted by Gasteiger charge is 2.48. The number of aliphatic hydroxyl groups excluding tert-OH is 1. The van der Waals surface area contributed by atoms with Gasteiger partial charge in [0.2, 0.25) is 10.0 Å². The first-order valence-electron chi connectivity index (χ1n) is 11.7. The number of hydrogen-bond acceptors (Lipinski definition) is 5. The maximum absolute atomic E-state index is 13.7. The van der Waals surface area contributed by atoms with Crippen LogP contribution in [0.5, 0.6) is 5.75 Å². The summed E-state index contributed by atoms with van der Waals surface area (Å²) in [6.07, 6.45) is 0.671. The van der Waals surface area contributed by atoms with Crippen molar-refractivity contribution in [3.8, 4) is 17.6 Å². The average molecular weight is 489 g/mol. The molecule has 1 fully saturated rings. The van der Waals surface area contributed by atoms with Crippen molar-refractivity contribution in [1.29, 1.82) is 0 Å². The zero-order valence-corrected chi connectivity index (χ0v) is 20.5. The number of anilines is 1. The number of rotatable bonds is 4. The summed E-state index contributed by atoms with van der Waals surface area (Å²) in [6, 6.07) is 19.8. The van der Waals surface area contributed by atoms with Gasteiger partial charge >= 0.3 is 0 Å². The molecule has 0 unspecified atom stereocenters. The van der Waals surface area contributed by atoms with E-state index in [-0.39, 0.29) is 29.5 Å². The van der Waals surface area contributed by atoms with Gasteiger partial charge in [-0.1, -0.05) is 41.7 Å².